The third-order valence-electron chi connectivity index (χ3n) is 6.84. The van der Waals surface area contributed by atoms with E-state index in [9.17, 15) is 34.8 Å². The molecule has 9 nitrogen and oxygen atoms in total. The molecule has 1 aromatic carbocycles. The Morgan fingerprint density at radius 3 is 2.44 bits per heavy atom. The van der Waals surface area contributed by atoms with Gasteiger partial charge in [-0.05, 0) is 64.2 Å². The highest BCUT2D eigenvalue weighted by atomic mass is 16.6. The summed E-state index contributed by atoms with van der Waals surface area (Å²) in [6.07, 6.45) is -0.103. The fraction of sp³-hybridized carbons (Fsp3) is 0.440. The number of carbonyl (C=O) groups is 3. The Morgan fingerprint density at radius 2 is 1.82 bits per heavy atom. The largest absolute Gasteiger partial charge is 0.508 e. The molecule has 0 radical (unpaired) electrons. The maximum Gasteiger partial charge on any atom is 0.202 e. The van der Waals surface area contributed by atoms with Crippen molar-refractivity contribution in [1.82, 2.24) is 0 Å². The van der Waals surface area contributed by atoms with Crippen LogP contribution >= 0.6 is 0 Å². The van der Waals surface area contributed by atoms with Crippen LogP contribution in [-0.4, -0.2) is 55.2 Å². The van der Waals surface area contributed by atoms with E-state index in [4.69, 9.17) is 4.84 Å². The first-order valence-electron chi connectivity index (χ1n) is 11.1. The number of hydrogen-bond acceptors (Lipinski definition) is 9. The number of carbonyl (C=O) groups excluding carboxylic acids is 3. The summed E-state index contributed by atoms with van der Waals surface area (Å²) in [5.41, 5.74) is -1.50. The Kier molecular flexibility index (Phi) is 5.64. The highest BCUT2D eigenvalue weighted by molar-refractivity contribution is 6.23. The van der Waals surface area contributed by atoms with Crippen molar-refractivity contribution in [2.75, 3.05) is 0 Å². The van der Waals surface area contributed by atoms with E-state index in [-0.39, 0.29) is 42.3 Å². The summed E-state index contributed by atoms with van der Waals surface area (Å²) in [7, 11) is 0. The topological polar surface area (TPSA) is 154 Å². The molecule has 180 valence electrons. The zero-order chi connectivity index (χ0) is 25.1. The number of oxime groups is 1. The number of Topliss-reactive ketones (excluding diaryl/α,β-unsaturated/α-hetero) is 3. The molecule has 34 heavy (non-hydrogen) atoms. The van der Waals surface area contributed by atoms with Gasteiger partial charge in [0.05, 0.1) is 11.3 Å². The van der Waals surface area contributed by atoms with E-state index in [1.165, 1.54) is 6.07 Å². The number of aliphatic hydroxyl groups is 3. The molecule has 3 aliphatic carbocycles. The van der Waals surface area contributed by atoms with E-state index >= 15 is 0 Å². The SMILES string of the molecule is CC(=O)C1=C(O)[C@@]2(O)C(=O)C3=C(O)c4c(O)ccc(/C(C)=N\OC(C)C)c4CC3CC2CC1=O. The molecule has 0 amide bonds. The van der Waals surface area contributed by atoms with Crippen LogP contribution in [-0.2, 0) is 25.6 Å². The Bertz CT molecular complexity index is 1220. The van der Waals surface area contributed by atoms with Gasteiger partial charge in [-0.25, -0.2) is 0 Å². The maximum absolute atomic E-state index is 13.5. The van der Waals surface area contributed by atoms with Crippen molar-refractivity contribution in [3.8, 4) is 5.75 Å². The Hall–Kier alpha value is -3.46. The summed E-state index contributed by atoms with van der Waals surface area (Å²) in [4.78, 5) is 43.3. The van der Waals surface area contributed by atoms with Crippen molar-refractivity contribution < 1.29 is 39.6 Å². The van der Waals surface area contributed by atoms with Gasteiger partial charge in [0.25, 0.3) is 0 Å². The molecule has 1 aromatic rings. The van der Waals surface area contributed by atoms with E-state index in [1.807, 2.05) is 13.8 Å². The molecule has 4 rings (SSSR count). The number of hydrogen-bond donors (Lipinski definition) is 4. The molecule has 0 heterocycles. The first-order chi connectivity index (χ1) is 15.9. The number of nitrogens with zero attached hydrogens (tertiary/aromatic N) is 1. The van der Waals surface area contributed by atoms with E-state index < -0.39 is 51.9 Å². The van der Waals surface area contributed by atoms with Crippen LogP contribution in [0.15, 0.2) is 34.2 Å². The zero-order valence-corrected chi connectivity index (χ0v) is 19.4. The lowest BCUT2D eigenvalue weighted by Crippen LogP contribution is -2.57. The minimum atomic E-state index is -2.50. The van der Waals surface area contributed by atoms with Crippen molar-refractivity contribution in [3.05, 3.63) is 45.7 Å². The van der Waals surface area contributed by atoms with Gasteiger partial charge in [0.15, 0.2) is 17.2 Å². The average molecular weight is 469 g/mol. The molecule has 0 bridgehead atoms. The first-order valence-corrected chi connectivity index (χ1v) is 11.1. The molecule has 2 unspecified atom stereocenters. The summed E-state index contributed by atoms with van der Waals surface area (Å²) in [6, 6.07) is 3.02. The van der Waals surface area contributed by atoms with Crippen molar-refractivity contribution in [2.24, 2.45) is 17.0 Å². The van der Waals surface area contributed by atoms with Crippen LogP contribution in [0.3, 0.4) is 0 Å². The summed E-state index contributed by atoms with van der Waals surface area (Å²) in [5.74, 6) is -5.63. The van der Waals surface area contributed by atoms with Gasteiger partial charge in [0.2, 0.25) is 5.78 Å². The van der Waals surface area contributed by atoms with Crippen LogP contribution in [0.5, 0.6) is 5.75 Å². The van der Waals surface area contributed by atoms with Gasteiger partial charge in [-0.2, -0.15) is 0 Å². The van der Waals surface area contributed by atoms with Gasteiger partial charge in [-0.3, -0.25) is 14.4 Å². The molecule has 4 N–H and O–H groups in total. The molecule has 3 aliphatic rings. The van der Waals surface area contributed by atoms with Crippen LogP contribution in [0.4, 0.5) is 0 Å². The number of phenolic OH excluding ortho intramolecular Hbond substituents is 1. The normalized spacial score (nSPS) is 26.9. The molecule has 0 aromatic heterocycles. The molecule has 1 saturated carbocycles. The summed E-state index contributed by atoms with van der Waals surface area (Å²) >= 11 is 0. The molecule has 1 fully saturated rings. The first kappa shape index (κ1) is 23.7. The molecular weight excluding hydrogens is 442 g/mol. The third-order valence-corrected chi connectivity index (χ3v) is 6.84. The highest BCUT2D eigenvalue weighted by Gasteiger charge is 2.60. The van der Waals surface area contributed by atoms with Gasteiger partial charge in [-0.1, -0.05) is 5.16 Å². The van der Waals surface area contributed by atoms with Crippen molar-refractivity contribution >= 4 is 28.8 Å². The number of rotatable bonds is 4. The Balaban J connectivity index is 1.89. The van der Waals surface area contributed by atoms with Gasteiger partial charge < -0.3 is 25.3 Å². The molecular formula is C25H27NO8. The molecule has 9 heteroatoms. The van der Waals surface area contributed by atoms with Crippen LogP contribution in [0.1, 0.15) is 57.2 Å². The summed E-state index contributed by atoms with van der Waals surface area (Å²) in [5, 5.41) is 47.7. The lowest BCUT2D eigenvalue weighted by atomic mass is 9.59. The second-order valence-electron chi connectivity index (χ2n) is 9.42. The second-order valence-corrected chi connectivity index (χ2v) is 9.42. The van der Waals surface area contributed by atoms with Gasteiger partial charge in [-0.15, -0.1) is 0 Å². The van der Waals surface area contributed by atoms with Crippen molar-refractivity contribution in [2.45, 2.75) is 58.7 Å². The zero-order valence-electron chi connectivity index (χ0n) is 19.4. The minimum Gasteiger partial charge on any atom is -0.508 e. The predicted octanol–water partition coefficient (Wildman–Crippen LogP) is 2.68. The van der Waals surface area contributed by atoms with E-state index in [0.29, 0.717) is 16.8 Å². The van der Waals surface area contributed by atoms with Crippen LogP contribution in [0.2, 0.25) is 0 Å². The fourth-order valence-corrected chi connectivity index (χ4v) is 5.30. The highest BCUT2D eigenvalue weighted by Crippen LogP contribution is 2.52. The van der Waals surface area contributed by atoms with Gasteiger partial charge in [0.1, 0.15) is 28.9 Å². The number of aliphatic hydroxyl groups excluding tert-OH is 2. The Morgan fingerprint density at radius 1 is 1.15 bits per heavy atom. The monoisotopic (exact) mass is 469 g/mol. The van der Waals surface area contributed by atoms with Gasteiger partial charge >= 0.3 is 0 Å². The number of fused-ring (bicyclic) bond motifs is 3. The summed E-state index contributed by atoms with van der Waals surface area (Å²) < 4.78 is 0. The molecule has 0 spiro atoms. The van der Waals surface area contributed by atoms with E-state index in [0.717, 1.165) is 6.92 Å². The number of phenols is 1. The lowest BCUT2D eigenvalue weighted by Gasteiger charge is -2.46. The molecule has 0 aliphatic heterocycles. The quantitative estimate of drug-likeness (QED) is 0.298. The number of benzene rings is 1. The van der Waals surface area contributed by atoms with Crippen LogP contribution in [0.25, 0.3) is 5.76 Å². The van der Waals surface area contributed by atoms with E-state index in [2.05, 4.69) is 5.16 Å². The average Bonchev–Trinajstić information content (AvgIpc) is 2.74. The maximum atomic E-state index is 13.5. The van der Waals surface area contributed by atoms with E-state index in [1.54, 1.807) is 13.0 Å². The Labute approximate surface area is 196 Å². The fourth-order valence-electron chi connectivity index (χ4n) is 5.30. The number of allylic oxidation sites excluding steroid dienone is 1. The van der Waals surface area contributed by atoms with Crippen LogP contribution in [0, 0.1) is 11.8 Å². The number of aromatic hydroxyl groups is 1. The molecule has 0 saturated heterocycles. The third kappa shape index (κ3) is 3.34. The minimum absolute atomic E-state index is 0.0420. The van der Waals surface area contributed by atoms with Gasteiger partial charge in [0, 0.05) is 23.5 Å². The standard InChI is InChI=1S/C25H27NO8/c1-10(2)34-26-11(3)15-5-6-17(28)21-16(15)8-13-7-14-9-18(29)19(12(4)27)23(31)25(14,33)24(32)20(13)22(21)30/h5-6,10,13-14,28,30-31,33H,7-9H2,1-4H3/b26-11-/t13?,14?,25-/m1/s1. The van der Waals surface area contributed by atoms with Crippen LogP contribution < -0.4 is 0 Å². The van der Waals surface area contributed by atoms with Crippen molar-refractivity contribution in [3.63, 3.8) is 0 Å². The summed E-state index contributed by atoms with van der Waals surface area (Å²) in [6.45, 7) is 6.45. The predicted molar refractivity (Wildman–Crippen MR) is 121 cm³/mol. The lowest BCUT2D eigenvalue weighted by molar-refractivity contribution is -0.147. The molecule has 3 atom stereocenters. The van der Waals surface area contributed by atoms with Crippen molar-refractivity contribution in [1.29, 1.82) is 0 Å². The number of ketones is 3. The smallest absolute Gasteiger partial charge is 0.202 e. The second kappa shape index (κ2) is 8.09.